The number of carbonyl (C=O) groups is 2. The normalized spacial score (nSPS) is 11.1. The Kier molecular flexibility index (Phi) is 7.79. The van der Waals surface area contributed by atoms with Crippen LogP contribution < -0.4 is 16.1 Å². The smallest absolute Gasteiger partial charge is 0.308 e. The van der Waals surface area contributed by atoms with Gasteiger partial charge in [0.15, 0.2) is 0 Å². The fraction of sp³-hybridized carbons (Fsp3) is 0.0952. The van der Waals surface area contributed by atoms with Gasteiger partial charge in [-0.3, -0.25) is 14.6 Å². The minimum absolute atomic E-state index is 0.0617. The Bertz CT molecular complexity index is 1180. The molecule has 0 aliphatic carbocycles. The highest BCUT2D eigenvalue weighted by Gasteiger charge is 2.33. The third kappa shape index (κ3) is 6.85. The van der Waals surface area contributed by atoms with Crippen molar-refractivity contribution >= 4 is 46.7 Å². The first kappa shape index (κ1) is 24.4. The average Bonchev–Trinajstić information content (AvgIpc) is 2.75. The van der Waals surface area contributed by atoms with Crippen LogP contribution in [0.3, 0.4) is 0 Å². The van der Waals surface area contributed by atoms with E-state index in [4.69, 9.17) is 11.6 Å². The molecule has 3 amide bonds. The third-order valence-electron chi connectivity index (χ3n) is 4.02. The highest BCUT2D eigenvalue weighted by Crippen LogP contribution is 2.36. The second-order valence-electron chi connectivity index (χ2n) is 6.41. The van der Waals surface area contributed by atoms with Crippen LogP contribution in [0.1, 0.15) is 16.1 Å². The molecule has 7 nitrogen and oxygen atoms in total. The van der Waals surface area contributed by atoms with Crippen molar-refractivity contribution in [2.45, 2.75) is 16.0 Å². The minimum Gasteiger partial charge on any atom is -0.308 e. The van der Waals surface area contributed by atoms with E-state index in [1.807, 2.05) is 0 Å². The van der Waals surface area contributed by atoms with Crippen LogP contribution in [0.25, 0.3) is 0 Å². The second kappa shape index (κ2) is 10.6. The van der Waals surface area contributed by atoms with E-state index in [0.717, 1.165) is 17.0 Å². The molecule has 0 spiro atoms. The van der Waals surface area contributed by atoms with E-state index < -0.39 is 28.7 Å². The van der Waals surface area contributed by atoms with Crippen LogP contribution in [-0.4, -0.2) is 24.0 Å². The molecule has 1 heterocycles. The van der Waals surface area contributed by atoms with E-state index in [0.29, 0.717) is 10.6 Å². The molecule has 0 aliphatic heterocycles. The molecule has 0 radical (unpaired) electrons. The number of alkyl halides is 3. The van der Waals surface area contributed by atoms with E-state index in [2.05, 4.69) is 25.9 Å². The van der Waals surface area contributed by atoms with Crippen molar-refractivity contribution in [3.8, 4) is 0 Å². The van der Waals surface area contributed by atoms with Crippen molar-refractivity contribution < 1.29 is 27.6 Å². The van der Waals surface area contributed by atoms with Crippen molar-refractivity contribution in [2.75, 3.05) is 17.7 Å². The highest BCUT2D eigenvalue weighted by molar-refractivity contribution is 7.99. The molecule has 0 bridgehead atoms. The van der Waals surface area contributed by atoms with E-state index in [1.165, 1.54) is 31.1 Å². The Balaban J connectivity index is 1.68. The van der Waals surface area contributed by atoms with Gasteiger partial charge in [-0.2, -0.15) is 13.2 Å². The fourth-order valence-electron chi connectivity index (χ4n) is 2.63. The molecular weight excluding hydrogens is 481 g/mol. The number of benzene rings is 2. The highest BCUT2D eigenvalue weighted by atomic mass is 35.5. The monoisotopic (exact) mass is 496 g/mol. The van der Waals surface area contributed by atoms with Gasteiger partial charge in [0.25, 0.3) is 5.91 Å². The van der Waals surface area contributed by atoms with Crippen LogP contribution >= 0.6 is 23.4 Å². The number of urea groups is 1. The summed E-state index contributed by atoms with van der Waals surface area (Å²) in [6.07, 6.45) is -3.17. The minimum atomic E-state index is -4.64. The van der Waals surface area contributed by atoms with Gasteiger partial charge in [0.05, 0.1) is 17.7 Å². The number of nitrogens with one attached hydrogen (secondary N) is 3. The molecule has 3 N–H and O–H groups in total. The molecule has 172 valence electrons. The molecule has 0 unspecified atom stereocenters. The first-order valence-electron chi connectivity index (χ1n) is 9.18. The number of hydroxylamine groups is 1. The Morgan fingerprint density at radius 1 is 1.00 bits per heavy atom. The van der Waals surface area contributed by atoms with Crippen molar-refractivity contribution in [2.24, 2.45) is 0 Å². The zero-order chi connectivity index (χ0) is 24.0. The summed E-state index contributed by atoms with van der Waals surface area (Å²) in [5.74, 6) is -0.497. The summed E-state index contributed by atoms with van der Waals surface area (Å²) in [4.78, 5) is 34.1. The topological polar surface area (TPSA) is 92.4 Å². The summed E-state index contributed by atoms with van der Waals surface area (Å²) in [5.41, 5.74) is 1.65. The van der Waals surface area contributed by atoms with E-state index in [9.17, 15) is 22.8 Å². The first-order chi connectivity index (χ1) is 15.7. The number of pyridine rings is 1. The second-order valence-corrected chi connectivity index (χ2v) is 7.97. The maximum atomic E-state index is 13.0. The molecular formula is C21H16ClF3N4O3S. The third-order valence-corrected chi connectivity index (χ3v) is 5.32. The van der Waals surface area contributed by atoms with Gasteiger partial charge in [0.2, 0.25) is 0 Å². The Morgan fingerprint density at radius 2 is 1.70 bits per heavy atom. The summed E-state index contributed by atoms with van der Waals surface area (Å²) in [7, 11) is 1.31. The van der Waals surface area contributed by atoms with Gasteiger partial charge >= 0.3 is 12.2 Å². The quantitative estimate of drug-likeness (QED) is 0.373. The number of nitrogens with zero attached hydrogens (tertiary/aromatic N) is 1. The van der Waals surface area contributed by atoms with Crippen molar-refractivity contribution in [1.82, 2.24) is 10.5 Å². The molecule has 3 aromatic rings. The van der Waals surface area contributed by atoms with Gasteiger partial charge in [-0.25, -0.2) is 10.3 Å². The van der Waals surface area contributed by atoms with E-state index >= 15 is 0 Å². The lowest BCUT2D eigenvalue weighted by Gasteiger charge is -2.12. The van der Waals surface area contributed by atoms with Crippen LogP contribution in [0.5, 0.6) is 0 Å². The molecule has 33 heavy (non-hydrogen) atoms. The largest absolute Gasteiger partial charge is 0.417 e. The van der Waals surface area contributed by atoms with Gasteiger partial charge in [0, 0.05) is 27.4 Å². The zero-order valence-electron chi connectivity index (χ0n) is 16.9. The molecule has 1 aromatic heterocycles. The number of rotatable bonds is 6. The van der Waals surface area contributed by atoms with Crippen LogP contribution in [0.15, 0.2) is 70.6 Å². The predicted molar refractivity (Wildman–Crippen MR) is 118 cm³/mol. The van der Waals surface area contributed by atoms with Gasteiger partial charge in [-0.05, 0) is 48.5 Å². The maximum Gasteiger partial charge on any atom is 0.417 e. The Hall–Kier alpha value is -3.28. The molecule has 0 aliphatic rings. The molecule has 0 saturated carbocycles. The van der Waals surface area contributed by atoms with Crippen molar-refractivity contribution in [1.29, 1.82) is 0 Å². The van der Waals surface area contributed by atoms with Crippen LogP contribution in [0.2, 0.25) is 5.02 Å². The lowest BCUT2D eigenvalue weighted by molar-refractivity contribution is -0.137. The van der Waals surface area contributed by atoms with Gasteiger partial charge in [-0.1, -0.05) is 29.4 Å². The Labute approximate surface area is 195 Å². The van der Waals surface area contributed by atoms with Crippen LogP contribution in [0, 0.1) is 0 Å². The van der Waals surface area contributed by atoms with Crippen molar-refractivity contribution in [3.05, 3.63) is 77.1 Å². The number of anilines is 2. The summed E-state index contributed by atoms with van der Waals surface area (Å²) in [6.45, 7) is 0. The average molecular weight is 497 g/mol. The molecule has 0 atom stereocenters. The summed E-state index contributed by atoms with van der Waals surface area (Å²) < 4.78 is 39.0. The number of hydrogen-bond acceptors (Lipinski definition) is 5. The first-order valence-corrected chi connectivity index (χ1v) is 10.4. The fourth-order valence-corrected chi connectivity index (χ4v) is 3.76. The number of hydrogen-bond donors (Lipinski definition) is 3. The Morgan fingerprint density at radius 3 is 2.39 bits per heavy atom. The summed E-state index contributed by atoms with van der Waals surface area (Å²) >= 11 is 6.91. The summed E-state index contributed by atoms with van der Waals surface area (Å²) in [5, 5.41) is 4.46. The molecule has 0 saturated heterocycles. The number of aromatic nitrogens is 1. The lowest BCUT2D eigenvalue weighted by Crippen LogP contribution is -2.22. The predicted octanol–water partition coefficient (Wildman–Crippen LogP) is 5.84. The van der Waals surface area contributed by atoms with Crippen molar-refractivity contribution in [3.63, 3.8) is 0 Å². The number of carbonyl (C=O) groups excluding carboxylic acids is 2. The van der Waals surface area contributed by atoms with Gasteiger partial charge in [0.1, 0.15) is 5.69 Å². The van der Waals surface area contributed by atoms with Gasteiger partial charge < -0.3 is 10.6 Å². The summed E-state index contributed by atoms with van der Waals surface area (Å²) in [6, 6.07) is 12.4. The molecule has 0 fully saturated rings. The number of halogens is 4. The SMILES string of the molecule is CONC(=O)c1cc(Sc2cccc(NC(=O)Nc3ccc(Cl)c(C(F)(F)F)c3)c2)ccn1. The van der Waals surface area contributed by atoms with Crippen LogP contribution in [0.4, 0.5) is 29.3 Å². The maximum absolute atomic E-state index is 13.0. The number of amides is 3. The van der Waals surface area contributed by atoms with Crippen LogP contribution in [-0.2, 0) is 11.0 Å². The molecule has 3 rings (SSSR count). The lowest BCUT2D eigenvalue weighted by atomic mass is 10.2. The molecule has 2 aromatic carbocycles. The molecule has 12 heteroatoms. The van der Waals surface area contributed by atoms with E-state index in [-0.39, 0.29) is 11.4 Å². The van der Waals surface area contributed by atoms with E-state index in [1.54, 1.807) is 36.4 Å². The zero-order valence-corrected chi connectivity index (χ0v) is 18.4. The standard InChI is InChI=1S/C21H16ClF3N4O3S/c1-32-29-19(30)18-11-15(7-8-26-18)33-14-4-2-3-12(9-14)27-20(31)28-13-5-6-17(22)16(10-13)21(23,24)25/h2-11H,1H3,(H,29,30)(H2,27,28,31). The van der Waals surface area contributed by atoms with Gasteiger partial charge in [-0.15, -0.1) is 0 Å².